The summed E-state index contributed by atoms with van der Waals surface area (Å²) in [6.45, 7) is 0. The molecule has 15 rings (SSSR count). The minimum absolute atomic E-state index is 0.895. The fourth-order valence-corrected chi connectivity index (χ4v) is 11.6. The van der Waals surface area contributed by atoms with Crippen molar-refractivity contribution in [1.29, 1.82) is 0 Å². The van der Waals surface area contributed by atoms with E-state index in [0.29, 0.717) is 0 Å². The first-order chi connectivity index (χ1) is 32.2. The van der Waals surface area contributed by atoms with Gasteiger partial charge in [-0.05, 0) is 167 Å². The van der Waals surface area contributed by atoms with E-state index in [1.807, 2.05) is 6.07 Å². The van der Waals surface area contributed by atoms with Crippen LogP contribution in [-0.2, 0) is 0 Å². The molecule has 0 bridgehead atoms. The van der Waals surface area contributed by atoms with E-state index in [-0.39, 0.29) is 0 Å². The van der Waals surface area contributed by atoms with Crippen LogP contribution < -0.4 is 0 Å². The molecule has 0 aliphatic rings. The highest BCUT2D eigenvalue weighted by Gasteiger charge is 2.22. The number of benzene rings is 14. The first-order valence-electron chi connectivity index (χ1n) is 22.6. The molecule has 1 heteroatoms. The quantitative estimate of drug-likeness (QED) is 0.161. The molecule has 65 heavy (non-hydrogen) atoms. The molecule has 1 aromatic heterocycles. The molecule has 15 aromatic rings. The fourth-order valence-electron chi connectivity index (χ4n) is 11.6. The molecule has 0 amide bonds. The Morgan fingerprint density at radius 1 is 0.215 bits per heavy atom. The molecular weight excluding hydrogens is 785 g/mol. The van der Waals surface area contributed by atoms with Gasteiger partial charge in [0.1, 0.15) is 11.2 Å². The minimum Gasteiger partial charge on any atom is -0.456 e. The van der Waals surface area contributed by atoms with Crippen LogP contribution in [0.1, 0.15) is 0 Å². The van der Waals surface area contributed by atoms with E-state index in [1.165, 1.54) is 125 Å². The molecule has 0 saturated carbocycles. The van der Waals surface area contributed by atoms with Crippen molar-refractivity contribution < 1.29 is 4.42 Å². The Hall–Kier alpha value is -8.52. The van der Waals surface area contributed by atoms with Crippen LogP contribution in [0.15, 0.2) is 223 Å². The Morgan fingerprint density at radius 2 is 0.708 bits per heavy atom. The predicted molar refractivity (Wildman–Crippen MR) is 278 cm³/mol. The Kier molecular flexibility index (Phi) is 7.01. The van der Waals surface area contributed by atoms with Crippen molar-refractivity contribution in [3.05, 3.63) is 218 Å². The first kappa shape index (κ1) is 35.0. The summed E-state index contributed by atoms with van der Waals surface area (Å²) >= 11 is 0. The molecule has 1 nitrogen and oxygen atoms in total. The number of hydrogen-bond donors (Lipinski definition) is 0. The van der Waals surface area contributed by atoms with E-state index in [4.69, 9.17) is 4.42 Å². The molecule has 0 radical (unpaired) electrons. The molecule has 0 spiro atoms. The lowest BCUT2D eigenvalue weighted by Crippen LogP contribution is -1.94. The van der Waals surface area contributed by atoms with Gasteiger partial charge in [-0.3, -0.25) is 0 Å². The maximum atomic E-state index is 6.42. The van der Waals surface area contributed by atoms with Crippen LogP contribution in [0.2, 0.25) is 0 Å². The third-order valence-electron chi connectivity index (χ3n) is 14.5. The molecule has 298 valence electrons. The molecular formula is C64H36O. The molecule has 14 aromatic carbocycles. The van der Waals surface area contributed by atoms with Gasteiger partial charge in [-0.1, -0.05) is 182 Å². The van der Waals surface area contributed by atoms with E-state index >= 15 is 0 Å². The molecule has 0 N–H and O–H groups in total. The Balaban J connectivity index is 1.06. The van der Waals surface area contributed by atoms with E-state index in [9.17, 15) is 0 Å². The van der Waals surface area contributed by atoms with Gasteiger partial charge in [-0.2, -0.15) is 0 Å². The van der Waals surface area contributed by atoms with Gasteiger partial charge < -0.3 is 4.42 Å². The second-order valence-electron chi connectivity index (χ2n) is 17.9. The number of furan rings is 1. The smallest absolute Gasteiger partial charge is 0.135 e. The van der Waals surface area contributed by atoms with Crippen LogP contribution in [0.25, 0.3) is 153 Å². The molecule has 0 aliphatic heterocycles. The van der Waals surface area contributed by atoms with Crippen molar-refractivity contribution in [3.8, 4) is 44.5 Å². The van der Waals surface area contributed by atoms with Gasteiger partial charge in [0.15, 0.2) is 0 Å². The summed E-state index contributed by atoms with van der Waals surface area (Å²) in [6, 6.07) is 81.6. The lowest BCUT2D eigenvalue weighted by atomic mass is 9.82. The Labute approximate surface area is 373 Å². The topological polar surface area (TPSA) is 13.1 Å². The van der Waals surface area contributed by atoms with Gasteiger partial charge in [-0.25, -0.2) is 0 Å². The van der Waals surface area contributed by atoms with Crippen LogP contribution in [0, 0.1) is 0 Å². The SMILES string of the molecule is c1ccc2c(-c3ccc4ccc5cccc6ccc3c4c56)cc(-c3c(-c4ccc5oc6ccccc6c5c4)cc(-c4ccc5ccc6cccc7ccc4c5c67)c4ccccc34)cc2c1. The summed E-state index contributed by atoms with van der Waals surface area (Å²) in [5.41, 5.74) is 11.5. The normalized spacial score (nSPS) is 12.3. The maximum Gasteiger partial charge on any atom is 0.135 e. The van der Waals surface area contributed by atoms with Gasteiger partial charge in [0.2, 0.25) is 0 Å². The first-order valence-corrected chi connectivity index (χ1v) is 22.6. The Morgan fingerprint density at radius 3 is 1.37 bits per heavy atom. The van der Waals surface area contributed by atoms with Crippen molar-refractivity contribution in [1.82, 2.24) is 0 Å². The third kappa shape index (κ3) is 4.93. The van der Waals surface area contributed by atoms with Crippen LogP contribution in [-0.4, -0.2) is 0 Å². The summed E-state index contributed by atoms with van der Waals surface area (Å²) in [5.74, 6) is 0. The van der Waals surface area contributed by atoms with Crippen LogP contribution >= 0.6 is 0 Å². The second kappa shape index (κ2) is 13.0. The van der Waals surface area contributed by atoms with Gasteiger partial charge in [0, 0.05) is 10.8 Å². The summed E-state index contributed by atoms with van der Waals surface area (Å²) in [4.78, 5) is 0. The van der Waals surface area contributed by atoms with E-state index in [1.54, 1.807) is 0 Å². The minimum atomic E-state index is 0.895. The zero-order valence-electron chi connectivity index (χ0n) is 35.2. The number of para-hydroxylation sites is 1. The van der Waals surface area contributed by atoms with Crippen molar-refractivity contribution >= 4 is 108 Å². The Bertz CT molecular complexity index is 4440. The summed E-state index contributed by atoms with van der Waals surface area (Å²) < 4.78 is 6.42. The van der Waals surface area contributed by atoms with Gasteiger partial charge >= 0.3 is 0 Å². The highest BCUT2D eigenvalue weighted by Crippen LogP contribution is 2.49. The van der Waals surface area contributed by atoms with Gasteiger partial charge in [0.25, 0.3) is 0 Å². The van der Waals surface area contributed by atoms with E-state index in [0.717, 1.165) is 27.5 Å². The highest BCUT2D eigenvalue weighted by molar-refractivity contribution is 6.28. The molecule has 0 unspecified atom stereocenters. The standard InChI is InChI=1S/C64H36O/c1-2-14-46-43(9-1)33-45(35-55(46)48-28-23-41-21-19-37-10-7-12-39-25-30-52(48)63(41)60(37)39)62-51-17-4-3-15-47(51)56(36-54(62)44-27-32-59-57(34-44)50-16-5-6-18-58(50)65-59)49-29-24-42-22-20-38-11-8-13-40-26-31-53(49)64(42)61(38)40/h1-36H. The molecule has 1 heterocycles. The lowest BCUT2D eigenvalue weighted by molar-refractivity contribution is 0.669. The predicted octanol–water partition coefficient (Wildman–Crippen LogP) is 18.4. The number of hydrogen-bond acceptors (Lipinski definition) is 1. The van der Waals surface area contributed by atoms with Crippen LogP contribution in [0.4, 0.5) is 0 Å². The molecule has 0 saturated heterocycles. The highest BCUT2D eigenvalue weighted by atomic mass is 16.3. The largest absolute Gasteiger partial charge is 0.456 e. The number of rotatable bonds is 4. The molecule has 0 atom stereocenters. The second-order valence-corrected chi connectivity index (χ2v) is 17.9. The average molecular weight is 821 g/mol. The average Bonchev–Trinajstić information content (AvgIpc) is 3.74. The zero-order valence-corrected chi connectivity index (χ0v) is 35.2. The number of fused-ring (bicyclic) bond motifs is 5. The van der Waals surface area contributed by atoms with Crippen molar-refractivity contribution in [2.45, 2.75) is 0 Å². The molecule has 0 aliphatic carbocycles. The van der Waals surface area contributed by atoms with Crippen molar-refractivity contribution in [3.63, 3.8) is 0 Å². The van der Waals surface area contributed by atoms with Gasteiger partial charge in [0.05, 0.1) is 0 Å². The summed E-state index contributed by atoms with van der Waals surface area (Å²) in [5, 5.41) is 22.7. The fraction of sp³-hybridized carbons (Fsp3) is 0. The van der Waals surface area contributed by atoms with Crippen LogP contribution in [0.3, 0.4) is 0 Å². The lowest BCUT2D eigenvalue weighted by Gasteiger charge is -2.21. The van der Waals surface area contributed by atoms with Crippen molar-refractivity contribution in [2.75, 3.05) is 0 Å². The van der Waals surface area contributed by atoms with Crippen molar-refractivity contribution in [2.24, 2.45) is 0 Å². The van der Waals surface area contributed by atoms with Crippen LogP contribution in [0.5, 0.6) is 0 Å². The van der Waals surface area contributed by atoms with E-state index in [2.05, 4.69) is 212 Å². The summed E-state index contributed by atoms with van der Waals surface area (Å²) in [7, 11) is 0. The van der Waals surface area contributed by atoms with Gasteiger partial charge in [-0.15, -0.1) is 0 Å². The van der Waals surface area contributed by atoms with E-state index < -0.39 is 0 Å². The third-order valence-corrected chi connectivity index (χ3v) is 14.5. The maximum absolute atomic E-state index is 6.42. The zero-order chi connectivity index (χ0) is 42.3. The monoisotopic (exact) mass is 820 g/mol. The summed E-state index contributed by atoms with van der Waals surface area (Å²) in [6.07, 6.45) is 0. The molecule has 0 fully saturated rings.